The van der Waals surface area contributed by atoms with Crippen LogP contribution in [0.3, 0.4) is 0 Å². The molecule has 6 rings (SSSR count). The molecule has 0 spiro atoms. The van der Waals surface area contributed by atoms with E-state index >= 15 is 0 Å². The number of rotatable bonds is 3. The van der Waals surface area contributed by atoms with Crippen molar-refractivity contribution >= 4 is 34.8 Å². The SMILES string of the molecule is Cc1cn2cc(NC(=O)N3CCc4c(N5CCNCC5)ccnc43)cc(C3CC3)c2n1.O=C(O)C(F)(F)F. The third-order valence-corrected chi connectivity index (χ3v) is 6.76. The second kappa shape index (κ2) is 10.1. The Labute approximate surface area is 216 Å². The molecule has 1 aliphatic carbocycles. The molecule has 202 valence electrons. The Morgan fingerprint density at radius 2 is 1.87 bits per heavy atom. The van der Waals surface area contributed by atoms with Gasteiger partial charge in [-0.1, -0.05) is 0 Å². The van der Waals surface area contributed by atoms with Gasteiger partial charge < -0.3 is 25.0 Å². The van der Waals surface area contributed by atoms with Crippen molar-refractivity contribution in [3.63, 3.8) is 0 Å². The average Bonchev–Trinajstić information content (AvgIpc) is 3.51. The van der Waals surface area contributed by atoms with E-state index in [9.17, 15) is 18.0 Å². The van der Waals surface area contributed by atoms with Gasteiger partial charge in [0.05, 0.1) is 11.4 Å². The van der Waals surface area contributed by atoms with Crippen molar-refractivity contribution in [2.45, 2.75) is 38.3 Å². The van der Waals surface area contributed by atoms with E-state index < -0.39 is 12.1 Å². The van der Waals surface area contributed by atoms with Gasteiger partial charge in [-0.2, -0.15) is 13.2 Å². The molecule has 0 bridgehead atoms. The molecule has 38 heavy (non-hydrogen) atoms. The molecule has 1 saturated carbocycles. The molecule has 3 aliphatic rings. The first kappa shape index (κ1) is 25.8. The smallest absolute Gasteiger partial charge is 0.475 e. The van der Waals surface area contributed by atoms with Crippen LogP contribution in [0.5, 0.6) is 0 Å². The maximum atomic E-state index is 13.2. The van der Waals surface area contributed by atoms with Crippen LogP contribution in [0.25, 0.3) is 5.65 Å². The highest BCUT2D eigenvalue weighted by Crippen LogP contribution is 2.43. The van der Waals surface area contributed by atoms with Gasteiger partial charge in [0.2, 0.25) is 0 Å². The van der Waals surface area contributed by atoms with Gasteiger partial charge in [-0.3, -0.25) is 4.90 Å². The van der Waals surface area contributed by atoms with Gasteiger partial charge in [-0.25, -0.2) is 19.6 Å². The number of hydrogen-bond donors (Lipinski definition) is 3. The third-order valence-electron chi connectivity index (χ3n) is 6.76. The van der Waals surface area contributed by atoms with Gasteiger partial charge in [0.15, 0.2) is 0 Å². The predicted octanol–water partition coefficient (Wildman–Crippen LogP) is 3.55. The van der Waals surface area contributed by atoms with Crippen molar-refractivity contribution < 1.29 is 27.9 Å². The standard InChI is InChI=1S/C23H27N7O.C2HF3O2/c1-15-13-29-14-17(12-19(16-2-3-16)22(29)26-15)27-23(31)30-9-5-18-20(4-6-25-21(18)30)28-10-7-24-8-11-28;3-2(4,5)1(6)7/h4,6,12-14,16,24H,2-3,5,7-11H2,1H3,(H,27,31);(H,6,7). The number of imidazole rings is 1. The van der Waals surface area contributed by atoms with Crippen LogP contribution in [0.2, 0.25) is 0 Å². The third kappa shape index (κ3) is 5.37. The molecule has 3 aromatic rings. The average molecular weight is 532 g/mol. The summed E-state index contributed by atoms with van der Waals surface area (Å²) in [4.78, 5) is 35.6. The van der Waals surface area contributed by atoms with Crippen molar-refractivity contribution in [3.05, 3.63) is 47.5 Å². The normalized spacial score (nSPS) is 17.2. The number of nitrogens with one attached hydrogen (secondary N) is 2. The summed E-state index contributed by atoms with van der Waals surface area (Å²) in [6.07, 6.45) is 3.94. The number of alkyl halides is 3. The Balaban J connectivity index is 0.000000374. The lowest BCUT2D eigenvalue weighted by Crippen LogP contribution is -2.43. The lowest BCUT2D eigenvalue weighted by Gasteiger charge is -2.31. The summed E-state index contributed by atoms with van der Waals surface area (Å²) in [6, 6.07) is 4.06. The fourth-order valence-electron chi connectivity index (χ4n) is 4.87. The molecule has 13 heteroatoms. The second-order valence-electron chi connectivity index (χ2n) is 9.58. The summed E-state index contributed by atoms with van der Waals surface area (Å²) in [5, 5.41) is 13.6. The summed E-state index contributed by atoms with van der Waals surface area (Å²) in [6.45, 7) is 6.60. The fourth-order valence-corrected chi connectivity index (χ4v) is 4.87. The first-order valence-electron chi connectivity index (χ1n) is 12.4. The highest BCUT2D eigenvalue weighted by Gasteiger charge is 2.38. The second-order valence-corrected chi connectivity index (χ2v) is 9.58. The number of pyridine rings is 2. The molecule has 1 saturated heterocycles. The number of hydrogen-bond acceptors (Lipinski definition) is 6. The first-order valence-corrected chi connectivity index (χ1v) is 12.4. The zero-order chi connectivity index (χ0) is 27.0. The van der Waals surface area contributed by atoms with Crippen LogP contribution in [0.15, 0.2) is 30.7 Å². The number of fused-ring (bicyclic) bond motifs is 2. The summed E-state index contributed by atoms with van der Waals surface area (Å²) < 4.78 is 33.8. The van der Waals surface area contributed by atoms with E-state index in [1.54, 1.807) is 4.90 Å². The van der Waals surface area contributed by atoms with Crippen molar-refractivity contribution in [3.8, 4) is 0 Å². The Morgan fingerprint density at radius 1 is 1.16 bits per heavy atom. The Morgan fingerprint density at radius 3 is 2.53 bits per heavy atom. The number of anilines is 3. The van der Waals surface area contributed by atoms with Gasteiger partial charge in [-0.05, 0) is 44.2 Å². The minimum Gasteiger partial charge on any atom is -0.475 e. The number of amides is 2. The topological polar surface area (TPSA) is 115 Å². The van der Waals surface area contributed by atoms with Crippen LogP contribution in [0.4, 0.5) is 35.2 Å². The Kier molecular flexibility index (Phi) is 6.86. The summed E-state index contributed by atoms with van der Waals surface area (Å²) in [5.74, 6) is -1.42. The van der Waals surface area contributed by atoms with E-state index in [4.69, 9.17) is 9.90 Å². The van der Waals surface area contributed by atoms with Crippen LogP contribution < -0.4 is 20.4 Å². The molecule has 2 fully saturated rings. The number of carbonyl (C=O) groups is 2. The van der Waals surface area contributed by atoms with Crippen molar-refractivity contribution in [2.24, 2.45) is 0 Å². The number of aryl methyl sites for hydroxylation is 1. The molecule has 0 unspecified atom stereocenters. The lowest BCUT2D eigenvalue weighted by atomic mass is 10.1. The monoisotopic (exact) mass is 531 g/mol. The largest absolute Gasteiger partial charge is 0.490 e. The van der Waals surface area contributed by atoms with Gasteiger partial charge in [0.1, 0.15) is 11.5 Å². The highest BCUT2D eigenvalue weighted by atomic mass is 19.4. The van der Waals surface area contributed by atoms with Crippen molar-refractivity contribution in [1.29, 1.82) is 0 Å². The number of nitrogens with zero attached hydrogens (tertiary/aromatic N) is 5. The zero-order valence-corrected chi connectivity index (χ0v) is 20.8. The minimum atomic E-state index is -5.08. The zero-order valence-electron chi connectivity index (χ0n) is 20.8. The van der Waals surface area contributed by atoms with Gasteiger partial charge >= 0.3 is 18.2 Å². The Bertz CT molecular complexity index is 1360. The van der Waals surface area contributed by atoms with E-state index in [-0.39, 0.29) is 6.03 Å². The molecule has 0 radical (unpaired) electrons. The highest BCUT2D eigenvalue weighted by molar-refractivity contribution is 6.03. The summed E-state index contributed by atoms with van der Waals surface area (Å²) in [5.41, 5.74) is 6.43. The quantitative estimate of drug-likeness (QED) is 0.474. The number of aromatic nitrogens is 3. The lowest BCUT2D eigenvalue weighted by molar-refractivity contribution is -0.192. The number of urea groups is 1. The molecular formula is C25H28F3N7O3. The predicted molar refractivity (Wildman–Crippen MR) is 135 cm³/mol. The number of carbonyl (C=O) groups excluding carboxylic acids is 1. The molecule has 0 aromatic carbocycles. The molecule has 2 aliphatic heterocycles. The molecule has 3 aromatic heterocycles. The number of halogens is 3. The van der Waals surface area contributed by atoms with E-state index in [1.165, 1.54) is 29.7 Å². The maximum absolute atomic E-state index is 13.2. The Hall–Kier alpha value is -3.87. The molecular weight excluding hydrogens is 503 g/mol. The first-order chi connectivity index (χ1) is 18.1. The summed E-state index contributed by atoms with van der Waals surface area (Å²) >= 11 is 0. The number of aliphatic carboxylic acids is 1. The van der Waals surface area contributed by atoms with Gasteiger partial charge in [-0.15, -0.1) is 0 Å². The van der Waals surface area contributed by atoms with Crippen LogP contribution in [0.1, 0.15) is 35.6 Å². The fraction of sp³-hybridized carbons (Fsp3) is 0.440. The number of carboxylic acid groups (broad SMARTS) is 1. The number of carboxylic acids is 1. The van der Waals surface area contributed by atoms with Crippen LogP contribution >= 0.6 is 0 Å². The number of piperazine rings is 1. The van der Waals surface area contributed by atoms with E-state index in [0.717, 1.165) is 55.4 Å². The van der Waals surface area contributed by atoms with Crippen LogP contribution in [0, 0.1) is 6.92 Å². The molecule has 0 atom stereocenters. The van der Waals surface area contributed by atoms with Crippen molar-refractivity contribution in [1.82, 2.24) is 19.7 Å². The van der Waals surface area contributed by atoms with Gasteiger partial charge in [0, 0.05) is 68.1 Å². The molecule has 2 amide bonds. The minimum absolute atomic E-state index is 0.123. The van der Waals surface area contributed by atoms with Crippen LogP contribution in [-0.4, -0.2) is 70.4 Å². The van der Waals surface area contributed by atoms with E-state index in [1.807, 2.05) is 29.9 Å². The molecule has 5 heterocycles. The molecule has 10 nitrogen and oxygen atoms in total. The van der Waals surface area contributed by atoms with Gasteiger partial charge in [0.25, 0.3) is 0 Å². The van der Waals surface area contributed by atoms with Crippen LogP contribution in [-0.2, 0) is 11.2 Å². The summed E-state index contributed by atoms with van der Waals surface area (Å²) in [7, 11) is 0. The molecule has 3 N–H and O–H groups in total. The van der Waals surface area contributed by atoms with E-state index in [2.05, 4.69) is 37.6 Å². The van der Waals surface area contributed by atoms with Crippen molar-refractivity contribution in [2.75, 3.05) is 47.8 Å². The maximum Gasteiger partial charge on any atom is 0.490 e. The van der Waals surface area contributed by atoms with E-state index in [0.29, 0.717) is 12.5 Å².